The molecular formula is C31H31BrN2O4S. The average molecular weight is 608 g/mol. The van der Waals surface area contributed by atoms with Crippen LogP contribution in [0.3, 0.4) is 0 Å². The van der Waals surface area contributed by atoms with Gasteiger partial charge in [-0.2, -0.15) is 0 Å². The lowest BCUT2D eigenvalue weighted by atomic mass is 9.93. The molecule has 0 amide bonds. The number of nitrogens with zero attached hydrogens (tertiary/aromatic N) is 1. The molecule has 1 aromatic heterocycles. The van der Waals surface area contributed by atoms with Crippen LogP contribution in [-0.2, 0) is 16.4 Å². The summed E-state index contributed by atoms with van der Waals surface area (Å²) in [5.41, 5.74) is 2.41. The Labute approximate surface area is 237 Å². The van der Waals surface area contributed by atoms with Crippen molar-refractivity contribution in [3.8, 4) is 11.1 Å². The van der Waals surface area contributed by atoms with Gasteiger partial charge in [0.25, 0.3) is 5.56 Å². The van der Waals surface area contributed by atoms with Crippen LogP contribution in [0.25, 0.3) is 21.9 Å². The second-order valence-corrected chi connectivity index (χ2v) is 12.7. The number of pyridine rings is 1. The molecule has 0 aliphatic carbocycles. The molecule has 0 bridgehead atoms. The second kappa shape index (κ2) is 12.2. The fourth-order valence-corrected chi connectivity index (χ4v) is 5.73. The van der Waals surface area contributed by atoms with Crippen molar-refractivity contribution in [2.45, 2.75) is 50.5 Å². The van der Waals surface area contributed by atoms with Crippen LogP contribution in [0.5, 0.6) is 0 Å². The van der Waals surface area contributed by atoms with Gasteiger partial charge < -0.3 is 5.41 Å². The molecule has 0 saturated carbocycles. The molecule has 0 fully saturated rings. The lowest BCUT2D eigenvalue weighted by Gasteiger charge is -2.20. The molecule has 8 heteroatoms. The molecule has 0 aliphatic heterocycles. The largest absolute Gasteiger partial charge is 0.309 e. The van der Waals surface area contributed by atoms with E-state index in [1.165, 1.54) is 16.7 Å². The Morgan fingerprint density at radius 2 is 1.64 bits per heavy atom. The smallest absolute Gasteiger partial charge is 0.259 e. The van der Waals surface area contributed by atoms with Crippen LogP contribution in [0.15, 0.2) is 87.0 Å². The molecule has 39 heavy (non-hydrogen) atoms. The van der Waals surface area contributed by atoms with Gasteiger partial charge in [-0.3, -0.25) is 14.2 Å². The highest BCUT2D eigenvalue weighted by Crippen LogP contribution is 2.33. The Morgan fingerprint density at radius 1 is 0.949 bits per heavy atom. The molecule has 1 heterocycles. The fourth-order valence-electron chi connectivity index (χ4n) is 4.74. The molecule has 0 aliphatic rings. The maximum Gasteiger partial charge on any atom is 0.259 e. The first kappa shape index (κ1) is 28.6. The maximum atomic E-state index is 14.0. The third-order valence-corrected chi connectivity index (χ3v) is 8.33. The highest BCUT2D eigenvalue weighted by molar-refractivity contribution is 9.10. The van der Waals surface area contributed by atoms with Crippen LogP contribution in [-0.4, -0.2) is 30.7 Å². The van der Waals surface area contributed by atoms with Crippen molar-refractivity contribution in [1.29, 1.82) is 5.41 Å². The molecule has 202 valence electrons. The van der Waals surface area contributed by atoms with E-state index >= 15 is 0 Å². The van der Waals surface area contributed by atoms with Gasteiger partial charge >= 0.3 is 0 Å². The highest BCUT2D eigenvalue weighted by atomic mass is 79.9. The quantitative estimate of drug-likeness (QED) is 0.112. The summed E-state index contributed by atoms with van der Waals surface area (Å²) < 4.78 is 26.2. The normalized spacial score (nSPS) is 11.6. The van der Waals surface area contributed by atoms with E-state index < -0.39 is 9.84 Å². The first-order chi connectivity index (χ1) is 18.6. The zero-order valence-corrected chi connectivity index (χ0v) is 24.4. The Morgan fingerprint density at radius 3 is 2.28 bits per heavy atom. The number of Topliss-reactive ketones (excluding diaryl/α,β-unsaturated/α-hetero) is 1. The number of sulfone groups is 1. The van der Waals surface area contributed by atoms with Gasteiger partial charge in [0.05, 0.1) is 23.6 Å². The summed E-state index contributed by atoms with van der Waals surface area (Å²) in [5, 5.41) is 9.60. The Bertz CT molecular complexity index is 1690. The molecule has 0 radical (unpaired) electrons. The Hall–Kier alpha value is -3.36. The van der Waals surface area contributed by atoms with Crippen LogP contribution in [0.2, 0.25) is 0 Å². The van der Waals surface area contributed by atoms with E-state index in [-0.39, 0.29) is 34.9 Å². The molecular weight excluding hydrogens is 576 g/mol. The minimum atomic E-state index is -3.37. The van der Waals surface area contributed by atoms with Crippen molar-refractivity contribution in [1.82, 2.24) is 4.57 Å². The van der Waals surface area contributed by atoms with Gasteiger partial charge in [0, 0.05) is 27.4 Å². The van der Waals surface area contributed by atoms with Gasteiger partial charge in [0.1, 0.15) is 0 Å². The van der Waals surface area contributed by atoms with Crippen LogP contribution in [0.1, 0.15) is 55.1 Å². The number of rotatable bonds is 11. The van der Waals surface area contributed by atoms with E-state index in [1.54, 1.807) is 24.3 Å². The third kappa shape index (κ3) is 6.62. The summed E-state index contributed by atoms with van der Waals surface area (Å²) in [6.07, 6.45) is 4.47. The molecule has 0 saturated heterocycles. The molecule has 3 aromatic carbocycles. The number of aromatic nitrogens is 1. The number of fused-ring (bicyclic) bond motifs is 1. The maximum absolute atomic E-state index is 14.0. The molecule has 4 aromatic rings. The van der Waals surface area contributed by atoms with E-state index in [2.05, 4.69) is 22.9 Å². The summed E-state index contributed by atoms with van der Waals surface area (Å²) in [4.78, 5) is 28.1. The molecule has 0 atom stereocenters. The zero-order valence-electron chi connectivity index (χ0n) is 22.0. The number of unbranched alkanes of at least 4 members (excludes halogenated alkanes) is 2. The third-order valence-electron chi connectivity index (χ3n) is 6.71. The van der Waals surface area contributed by atoms with E-state index in [1.807, 2.05) is 36.4 Å². The first-order valence-corrected chi connectivity index (χ1v) is 15.6. The molecule has 0 spiro atoms. The number of ketones is 1. The van der Waals surface area contributed by atoms with Crippen LogP contribution in [0.4, 0.5) is 0 Å². The lowest BCUT2D eigenvalue weighted by Crippen LogP contribution is -2.29. The molecule has 4 rings (SSSR count). The number of carbonyl (C=O) groups excluding carboxylic acids is 1. The van der Waals surface area contributed by atoms with Crippen LogP contribution in [0, 0.1) is 5.41 Å². The SMILES string of the molecule is CCCCCC(=N)CC(=O)c1c(-c2ccccc2)c2cc(Br)ccc2c(=O)n1Cc1ccc(S(C)(=O)=O)cc1. The van der Waals surface area contributed by atoms with Gasteiger partial charge in [-0.15, -0.1) is 0 Å². The first-order valence-electron chi connectivity index (χ1n) is 12.9. The Kier molecular flexibility index (Phi) is 8.97. The summed E-state index contributed by atoms with van der Waals surface area (Å²) in [7, 11) is -3.37. The fraction of sp³-hybridized carbons (Fsp3) is 0.258. The average Bonchev–Trinajstić information content (AvgIpc) is 2.90. The predicted molar refractivity (Wildman–Crippen MR) is 161 cm³/mol. The standard InChI is InChI=1S/C31H31BrN2O4S/c1-3-4-6-11-24(33)19-28(35)30-29(22-9-7-5-8-10-22)27-18-23(32)14-17-26(27)31(36)34(30)20-21-12-15-25(16-13-21)39(2,37)38/h5,7-10,12-18,33H,3-4,6,11,19-20H2,1-2H3. The Balaban J connectivity index is 1.94. The number of benzene rings is 3. The van der Waals surface area contributed by atoms with Gasteiger partial charge in [-0.1, -0.05) is 78.2 Å². The van der Waals surface area contributed by atoms with E-state index in [0.29, 0.717) is 34.0 Å². The molecule has 0 unspecified atom stereocenters. The zero-order chi connectivity index (χ0) is 28.2. The van der Waals surface area contributed by atoms with Crippen molar-refractivity contribution >= 4 is 48.0 Å². The van der Waals surface area contributed by atoms with Crippen molar-refractivity contribution in [2.24, 2.45) is 0 Å². The summed E-state index contributed by atoms with van der Waals surface area (Å²) in [5.74, 6) is -0.290. The number of hydrogen-bond donors (Lipinski definition) is 1. The number of hydrogen-bond acceptors (Lipinski definition) is 5. The highest BCUT2D eigenvalue weighted by Gasteiger charge is 2.24. The molecule has 6 nitrogen and oxygen atoms in total. The van der Waals surface area contributed by atoms with Gasteiger partial charge in [0.2, 0.25) is 0 Å². The van der Waals surface area contributed by atoms with E-state index in [4.69, 9.17) is 5.41 Å². The number of carbonyl (C=O) groups is 1. The monoisotopic (exact) mass is 606 g/mol. The van der Waals surface area contributed by atoms with Gasteiger partial charge in [-0.25, -0.2) is 8.42 Å². The lowest BCUT2D eigenvalue weighted by molar-refractivity contribution is 0.0991. The number of halogens is 1. The summed E-state index contributed by atoms with van der Waals surface area (Å²) >= 11 is 3.52. The van der Waals surface area contributed by atoms with Crippen LogP contribution < -0.4 is 5.56 Å². The molecule has 1 N–H and O–H groups in total. The van der Waals surface area contributed by atoms with E-state index in [9.17, 15) is 18.0 Å². The summed E-state index contributed by atoms with van der Waals surface area (Å²) in [6.45, 7) is 2.17. The van der Waals surface area contributed by atoms with Gasteiger partial charge in [-0.05, 0) is 59.7 Å². The van der Waals surface area contributed by atoms with Crippen molar-refractivity contribution in [3.05, 3.63) is 98.9 Å². The van der Waals surface area contributed by atoms with Crippen molar-refractivity contribution < 1.29 is 13.2 Å². The van der Waals surface area contributed by atoms with E-state index in [0.717, 1.165) is 35.6 Å². The van der Waals surface area contributed by atoms with Crippen molar-refractivity contribution in [3.63, 3.8) is 0 Å². The van der Waals surface area contributed by atoms with Gasteiger partial charge in [0.15, 0.2) is 15.6 Å². The van der Waals surface area contributed by atoms with Crippen LogP contribution >= 0.6 is 15.9 Å². The topological polar surface area (TPSA) is 97.1 Å². The second-order valence-electron chi connectivity index (χ2n) is 9.75. The predicted octanol–water partition coefficient (Wildman–Crippen LogP) is 7.06. The minimum Gasteiger partial charge on any atom is -0.309 e. The minimum absolute atomic E-state index is 0.0739. The van der Waals surface area contributed by atoms with Crippen molar-refractivity contribution in [2.75, 3.05) is 6.26 Å². The number of nitrogens with one attached hydrogen (secondary N) is 1. The summed E-state index contributed by atoms with van der Waals surface area (Å²) in [6, 6.07) is 21.2.